The summed E-state index contributed by atoms with van der Waals surface area (Å²) in [6.45, 7) is 2.39. The van der Waals surface area contributed by atoms with Crippen LogP contribution < -0.4 is 5.32 Å². The Labute approximate surface area is 96.1 Å². The van der Waals surface area contributed by atoms with Gasteiger partial charge >= 0.3 is 0 Å². The van der Waals surface area contributed by atoms with Crippen LogP contribution in [0, 0.1) is 0 Å². The van der Waals surface area contributed by atoms with E-state index in [2.05, 4.69) is 47.4 Å². The predicted molar refractivity (Wildman–Crippen MR) is 66.3 cm³/mol. The summed E-state index contributed by atoms with van der Waals surface area (Å²) in [6.07, 6.45) is 1.33. The molecule has 2 rings (SSSR count). The Bertz CT molecular complexity index is 247. The highest BCUT2D eigenvalue weighted by Crippen LogP contribution is 2.21. The molecule has 1 aromatic carbocycles. The molecule has 0 saturated carbocycles. The molecule has 1 heterocycles. The molecule has 0 radical (unpaired) electrons. The first kappa shape index (κ1) is 11.9. The minimum Gasteiger partial charge on any atom is -0.316 e. The number of thioether (sulfide) groups is 1. The average molecular weight is 230 g/mol. The van der Waals surface area contributed by atoms with Crippen molar-refractivity contribution in [3.8, 4) is 0 Å². The number of hydrogen-bond acceptors (Lipinski definition) is 2. The van der Waals surface area contributed by atoms with E-state index in [0.717, 1.165) is 11.0 Å². The summed E-state index contributed by atoms with van der Waals surface area (Å²) in [5.74, 6) is 1.16. The third kappa shape index (κ3) is 3.52. The summed E-state index contributed by atoms with van der Waals surface area (Å²) in [7, 11) is 0. The Morgan fingerprint density at radius 2 is 2.07 bits per heavy atom. The van der Waals surface area contributed by atoms with Crippen molar-refractivity contribution in [3.05, 3.63) is 35.9 Å². The standard InChI is InChI=1S/C11H15NS.ClH/c1-2-4-10(5-3-1)9-13-11-6-7-12-8-11;/h1-5,11-12H,6-9H2;1H. The van der Waals surface area contributed by atoms with E-state index in [-0.39, 0.29) is 12.4 Å². The molecule has 0 aliphatic carbocycles. The summed E-state index contributed by atoms with van der Waals surface area (Å²) in [5, 5.41) is 4.22. The molecule has 1 atom stereocenters. The van der Waals surface area contributed by atoms with E-state index in [1.807, 2.05) is 0 Å². The summed E-state index contributed by atoms with van der Waals surface area (Å²) in [4.78, 5) is 0. The van der Waals surface area contributed by atoms with Gasteiger partial charge in [0.05, 0.1) is 0 Å². The molecule has 1 aliphatic rings. The maximum Gasteiger partial charge on any atom is 0.0187 e. The number of nitrogens with one attached hydrogen (secondary N) is 1. The highest BCUT2D eigenvalue weighted by Gasteiger charge is 2.13. The molecule has 14 heavy (non-hydrogen) atoms. The maximum atomic E-state index is 3.39. The van der Waals surface area contributed by atoms with Crippen LogP contribution in [0.25, 0.3) is 0 Å². The lowest BCUT2D eigenvalue weighted by Gasteiger charge is -2.07. The van der Waals surface area contributed by atoms with Crippen LogP contribution in [0.5, 0.6) is 0 Å². The Balaban J connectivity index is 0.000000980. The van der Waals surface area contributed by atoms with Gasteiger partial charge in [-0.15, -0.1) is 12.4 Å². The van der Waals surface area contributed by atoms with Gasteiger partial charge in [0.25, 0.3) is 0 Å². The first-order valence-electron chi connectivity index (χ1n) is 4.81. The maximum absolute atomic E-state index is 3.39. The number of hydrogen-bond donors (Lipinski definition) is 1. The summed E-state index contributed by atoms with van der Waals surface area (Å²) < 4.78 is 0. The monoisotopic (exact) mass is 229 g/mol. The van der Waals surface area contributed by atoms with Gasteiger partial charge in [-0.2, -0.15) is 11.8 Å². The third-order valence-corrected chi connectivity index (χ3v) is 3.72. The molecule has 78 valence electrons. The Morgan fingerprint density at radius 1 is 1.29 bits per heavy atom. The third-order valence-electron chi connectivity index (χ3n) is 2.34. The van der Waals surface area contributed by atoms with Gasteiger partial charge in [0, 0.05) is 17.5 Å². The minimum atomic E-state index is 0. The van der Waals surface area contributed by atoms with E-state index < -0.39 is 0 Å². The Morgan fingerprint density at radius 3 is 2.71 bits per heavy atom. The molecule has 0 amide bonds. The van der Waals surface area contributed by atoms with Crippen LogP contribution in [0.4, 0.5) is 0 Å². The van der Waals surface area contributed by atoms with Gasteiger partial charge in [-0.05, 0) is 18.5 Å². The lowest BCUT2D eigenvalue weighted by Crippen LogP contribution is -2.10. The number of rotatable bonds is 3. The van der Waals surface area contributed by atoms with Crippen molar-refractivity contribution in [1.82, 2.24) is 5.32 Å². The molecule has 1 nitrogen and oxygen atoms in total. The van der Waals surface area contributed by atoms with E-state index in [0.29, 0.717) is 0 Å². The second-order valence-electron chi connectivity index (χ2n) is 3.41. The zero-order valence-corrected chi connectivity index (χ0v) is 9.74. The van der Waals surface area contributed by atoms with Crippen molar-refractivity contribution in [3.63, 3.8) is 0 Å². The van der Waals surface area contributed by atoms with Crippen LogP contribution in [0.2, 0.25) is 0 Å². The van der Waals surface area contributed by atoms with Gasteiger partial charge in [0.2, 0.25) is 0 Å². The van der Waals surface area contributed by atoms with Gasteiger partial charge < -0.3 is 5.32 Å². The summed E-state index contributed by atoms with van der Waals surface area (Å²) in [5.41, 5.74) is 1.44. The average Bonchev–Trinajstić information content (AvgIpc) is 2.69. The molecule has 0 spiro atoms. The molecule has 3 heteroatoms. The van der Waals surface area contributed by atoms with E-state index in [1.165, 1.54) is 25.1 Å². The summed E-state index contributed by atoms with van der Waals surface area (Å²) >= 11 is 2.07. The quantitative estimate of drug-likeness (QED) is 0.856. The van der Waals surface area contributed by atoms with Crippen molar-refractivity contribution in [1.29, 1.82) is 0 Å². The zero-order chi connectivity index (χ0) is 8.93. The van der Waals surface area contributed by atoms with Gasteiger partial charge in [0.15, 0.2) is 0 Å². The van der Waals surface area contributed by atoms with Gasteiger partial charge in [-0.3, -0.25) is 0 Å². The van der Waals surface area contributed by atoms with Crippen molar-refractivity contribution in [2.45, 2.75) is 17.4 Å². The van der Waals surface area contributed by atoms with Crippen LogP contribution in [-0.4, -0.2) is 18.3 Å². The fourth-order valence-electron chi connectivity index (χ4n) is 1.56. The molecular formula is C11H16ClNS. The predicted octanol–water partition coefficient (Wildman–Crippen LogP) is 2.70. The van der Waals surface area contributed by atoms with Crippen molar-refractivity contribution in [2.24, 2.45) is 0 Å². The zero-order valence-electron chi connectivity index (χ0n) is 8.11. The van der Waals surface area contributed by atoms with Crippen LogP contribution >= 0.6 is 24.2 Å². The van der Waals surface area contributed by atoms with E-state index in [4.69, 9.17) is 0 Å². The molecule has 1 aromatic rings. The summed E-state index contributed by atoms with van der Waals surface area (Å²) in [6, 6.07) is 10.7. The topological polar surface area (TPSA) is 12.0 Å². The smallest absolute Gasteiger partial charge is 0.0187 e. The molecular weight excluding hydrogens is 214 g/mol. The first-order valence-corrected chi connectivity index (χ1v) is 5.86. The molecule has 1 fully saturated rings. The molecule has 1 aliphatic heterocycles. The Kier molecular flexibility index (Phi) is 5.38. The number of halogens is 1. The van der Waals surface area contributed by atoms with Crippen molar-refractivity contribution >= 4 is 24.2 Å². The Hall–Kier alpha value is -0.180. The van der Waals surface area contributed by atoms with E-state index >= 15 is 0 Å². The second-order valence-corrected chi connectivity index (χ2v) is 4.70. The highest BCUT2D eigenvalue weighted by atomic mass is 35.5. The van der Waals surface area contributed by atoms with E-state index in [1.54, 1.807) is 0 Å². The van der Waals surface area contributed by atoms with Crippen molar-refractivity contribution in [2.75, 3.05) is 13.1 Å². The van der Waals surface area contributed by atoms with Crippen LogP contribution in [-0.2, 0) is 5.75 Å². The molecule has 0 aromatic heterocycles. The lowest BCUT2D eigenvalue weighted by molar-refractivity contribution is 0.858. The van der Waals surface area contributed by atoms with Gasteiger partial charge in [-0.25, -0.2) is 0 Å². The second kappa shape index (κ2) is 6.33. The van der Waals surface area contributed by atoms with Crippen LogP contribution in [0.1, 0.15) is 12.0 Å². The van der Waals surface area contributed by atoms with Crippen molar-refractivity contribution < 1.29 is 0 Å². The highest BCUT2D eigenvalue weighted by molar-refractivity contribution is 7.99. The van der Waals surface area contributed by atoms with Gasteiger partial charge in [0.1, 0.15) is 0 Å². The van der Waals surface area contributed by atoms with E-state index in [9.17, 15) is 0 Å². The fraction of sp³-hybridized carbons (Fsp3) is 0.455. The lowest BCUT2D eigenvalue weighted by atomic mass is 10.2. The molecule has 0 bridgehead atoms. The van der Waals surface area contributed by atoms with Crippen LogP contribution in [0.3, 0.4) is 0 Å². The number of benzene rings is 1. The molecule has 1 unspecified atom stereocenters. The minimum absolute atomic E-state index is 0. The molecule has 1 N–H and O–H groups in total. The fourth-order valence-corrected chi connectivity index (χ4v) is 2.70. The first-order chi connectivity index (χ1) is 6.45. The normalized spacial score (nSPS) is 20.4. The van der Waals surface area contributed by atoms with Gasteiger partial charge in [-0.1, -0.05) is 30.3 Å². The SMILES string of the molecule is Cl.c1ccc(CSC2CCNC2)cc1. The van der Waals surface area contributed by atoms with Crippen LogP contribution in [0.15, 0.2) is 30.3 Å². The molecule has 1 saturated heterocycles. The largest absolute Gasteiger partial charge is 0.316 e.